The van der Waals surface area contributed by atoms with Crippen molar-refractivity contribution >= 4 is 17.5 Å². The highest BCUT2D eigenvalue weighted by Gasteiger charge is 2.30. The van der Waals surface area contributed by atoms with Crippen molar-refractivity contribution in [2.75, 3.05) is 7.11 Å². The number of benzene rings is 2. The summed E-state index contributed by atoms with van der Waals surface area (Å²) < 4.78 is 18.8. The van der Waals surface area contributed by atoms with Gasteiger partial charge in [0.05, 0.1) is 17.7 Å². The third kappa shape index (κ3) is 2.44. The van der Waals surface area contributed by atoms with E-state index in [0.717, 1.165) is 11.1 Å². The van der Waals surface area contributed by atoms with Gasteiger partial charge in [-0.3, -0.25) is 4.79 Å². The third-order valence-electron chi connectivity index (χ3n) is 3.94. The quantitative estimate of drug-likeness (QED) is 0.857. The van der Waals surface area contributed by atoms with E-state index in [-0.39, 0.29) is 10.9 Å². The van der Waals surface area contributed by atoms with Crippen LogP contribution in [0.5, 0.6) is 5.75 Å². The van der Waals surface area contributed by atoms with Crippen LogP contribution in [0, 0.1) is 12.7 Å². The summed E-state index contributed by atoms with van der Waals surface area (Å²) in [6.45, 7) is 2.74. The molecule has 0 atom stereocenters. The molecule has 3 nitrogen and oxygen atoms in total. The summed E-state index contributed by atoms with van der Waals surface area (Å²) in [4.78, 5) is 14.3. The molecule has 0 bridgehead atoms. The van der Waals surface area contributed by atoms with Gasteiger partial charge in [0, 0.05) is 18.7 Å². The van der Waals surface area contributed by atoms with Crippen molar-refractivity contribution in [1.29, 1.82) is 0 Å². The second-order valence-electron chi connectivity index (χ2n) is 5.34. The fourth-order valence-electron chi connectivity index (χ4n) is 2.82. The zero-order valence-electron chi connectivity index (χ0n) is 12.3. The predicted octanol–water partition coefficient (Wildman–Crippen LogP) is 3.95. The van der Waals surface area contributed by atoms with Gasteiger partial charge in [0.15, 0.2) is 0 Å². The minimum atomic E-state index is -0.471. The fourth-order valence-corrected chi connectivity index (χ4v) is 2.94. The largest absolute Gasteiger partial charge is 0.496 e. The summed E-state index contributed by atoms with van der Waals surface area (Å²) in [5, 5.41) is 0.0837. The van der Waals surface area contributed by atoms with Crippen molar-refractivity contribution < 1.29 is 13.9 Å². The van der Waals surface area contributed by atoms with Gasteiger partial charge in [0.2, 0.25) is 0 Å². The van der Waals surface area contributed by atoms with E-state index in [1.807, 2.05) is 19.1 Å². The molecule has 0 aliphatic carbocycles. The lowest BCUT2D eigenvalue weighted by Gasteiger charge is -2.16. The van der Waals surface area contributed by atoms with Crippen LogP contribution in [0.2, 0.25) is 5.02 Å². The predicted molar refractivity (Wildman–Crippen MR) is 82.7 cm³/mol. The lowest BCUT2D eigenvalue weighted by molar-refractivity contribution is 0.0766. The number of nitrogens with zero attached hydrogens (tertiary/aromatic N) is 1. The molecule has 0 aromatic heterocycles. The Morgan fingerprint density at radius 3 is 2.77 bits per heavy atom. The Morgan fingerprint density at radius 1 is 1.32 bits per heavy atom. The molecule has 22 heavy (non-hydrogen) atoms. The number of halogens is 2. The molecule has 3 rings (SSSR count). The number of carbonyl (C=O) groups is 1. The van der Waals surface area contributed by atoms with Crippen LogP contribution in [0.1, 0.15) is 27.0 Å². The molecule has 0 saturated heterocycles. The van der Waals surface area contributed by atoms with Crippen molar-refractivity contribution in [3.05, 3.63) is 63.4 Å². The number of rotatable bonds is 3. The summed E-state index contributed by atoms with van der Waals surface area (Å²) in [6.07, 6.45) is 0. The molecular weight excluding hydrogens is 305 g/mol. The maximum Gasteiger partial charge on any atom is 0.255 e. The Hall–Kier alpha value is -2.07. The molecule has 0 N–H and O–H groups in total. The highest BCUT2D eigenvalue weighted by atomic mass is 35.5. The highest BCUT2D eigenvalue weighted by molar-refractivity contribution is 6.30. The van der Waals surface area contributed by atoms with Gasteiger partial charge in [-0.2, -0.15) is 0 Å². The van der Waals surface area contributed by atoms with Gasteiger partial charge >= 0.3 is 0 Å². The van der Waals surface area contributed by atoms with Gasteiger partial charge in [-0.05, 0) is 36.2 Å². The van der Waals surface area contributed by atoms with E-state index in [1.54, 1.807) is 18.1 Å². The van der Waals surface area contributed by atoms with Crippen LogP contribution in [-0.2, 0) is 13.1 Å². The van der Waals surface area contributed by atoms with Gasteiger partial charge < -0.3 is 9.64 Å². The number of ether oxygens (including phenoxy) is 1. The van der Waals surface area contributed by atoms with Crippen molar-refractivity contribution in [3.63, 3.8) is 0 Å². The van der Waals surface area contributed by atoms with E-state index in [4.69, 9.17) is 16.3 Å². The van der Waals surface area contributed by atoms with Gasteiger partial charge in [0.25, 0.3) is 5.91 Å². The fraction of sp³-hybridized carbons (Fsp3) is 0.235. The van der Waals surface area contributed by atoms with E-state index < -0.39 is 5.82 Å². The van der Waals surface area contributed by atoms with Gasteiger partial charge in [-0.25, -0.2) is 4.39 Å². The number of methoxy groups -OCH3 is 1. The van der Waals surface area contributed by atoms with Crippen molar-refractivity contribution in [2.45, 2.75) is 20.0 Å². The average molecular weight is 320 g/mol. The van der Waals surface area contributed by atoms with E-state index >= 15 is 0 Å². The first-order valence-electron chi connectivity index (χ1n) is 6.91. The highest BCUT2D eigenvalue weighted by Crippen LogP contribution is 2.32. The zero-order chi connectivity index (χ0) is 15.9. The van der Waals surface area contributed by atoms with Crippen LogP contribution >= 0.6 is 11.6 Å². The SMILES string of the molecule is COc1ccc2c(c1C)C(=O)N(Cc1ccc(Cl)c(F)c1)C2. The number of carbonyl (C=O) groups excluding carboxylic acids is 1. The van der Waals surface area contributed by atoms with Gasteiger partial charge in [-0.15, -0.1) is 0 Å². The maximum absolute atomic E-state index is 13.5. The first kappa shape index (κ1) is 14.9. The first-order chi connectivity index (χ1) is 10.5. The molecule has 0 spiro atoms. The Bertz CT molecular complexity index is 761. The molecule has 0 saturated carbocycles. The zero-order valence-corrected chi connectivity index (χ0v) is 13.1. The van der Waals surface area contributed by atoms with Crippen LogP contribution in [0.4, 0.5) is 4.39 Å². The lowest BCUT2D eigenvalue weighted by Crippen LogP contribution is -2.23. The molecule has 0 unspecified atom stereocenters. The molecule has 5 heteroatoms. The molecule has 2 aromatic carbocycles. The van der Waals surface area contributed by atoms with Crippen molar-refractivity contribution in [3.8, 4) is 5.75 Å². The Labute approximate surface area is 133 Å². The summed E-state index contributed by atoms with van der Waals surface area (Å²) in [5.41, 5.74) is 3.22. The van der Waals surface area contributed by atoms with Gasteiger partial charge in [-0.1, -0.05) is 23.7 Å². The standard InChI is InChI=1S/C17H15ClFNO2/c1-10-15(22-2)6-4-12-9-20(17(21)16(10)12)8-11-3-5-13(18)14(19)7-11/h3-7H,8-9H2,1-2H3. The molecule has 114 valence electrons. The molecular formula is C17H15ClFNO2. The van der Waals surface area contributed by atoms with Crippen LogP contribution in [0.15, 0.2) is 30.3 Å². The lowest BCUT2D eigenvalue weighted by atomic mass is 10.0. The normalized spacial score (nSPS) is 13.5. The number of fused-ring (bicyclic) bond motifs is 1. The Morgan fingerprint density at radius 2 is 2.09 bits per heavy atom. The smallest absolute Gasteiger partial charge is 0.255 e. The first-order valence-corrected chi connectivity index (χ1v) is 7.28. The molecule has 0 radical (unpaired) electrons. The van der Waals surface area contributed by atoms with Crippen LogP contribution in [0.3, 0.4) is 0 Å². The molecule has 0 fully saturated rings. The van der Waals surface area contributed by atoms with Crippen LogP contribution in [-0.4, -0.2) is 17.9 Å². The average Bonchev–Trinajstić information content (AvgIpc) is 2.81. The minimum Gasteiger partial charge on any atom is -0.496 e. The number of hydrogen-bond donors (Lipinski definition) is 0. The summed E-state index contributed by atoms with van der Waals surface area (Å²) in [5.74, 6) is 0.175. The summed E-state index contributed by atoms with van der Waals surface area (Å²) in [7, 11) is 1.59. The summed E-state index contributed by atoms with van der Waals surface area (Å²) >= 11 is 5.68. The van der Waals surface area contributed by atoms with Crippen molar-refractivity contribution in [1.82, 2.24) is 4.90 Å². The minimum absolute atomic E-state index is 0.0539. The molecule has 1 heterocycles. The molecule has 2 aromatic rings. The van der Waals surface area contributed by atoms with E-state index in [2.05, 4.69) is 0 Å². The van der Waals surface area contributed by atoms with Crippen LogP contribution < -0.4 is 4.74 Å². The van der Waals surface area contributed by atoms with Gasteiger partial charge in [0.1, 0.15) is 11.6 Å². The summed E-state index contributed by atoms with van der Waals surface area (Å²) in [6, 6.07) is 8.38. The van der Waals surface area contributed by atoms with Crippen LogP contribution in [0.25, 0.3) is 0 Å². The van der Waals surface area contributed by atoms with E-state index in [9.17, 15) is 9.18 Å². The maximum atomic E-state index is 13.5. The van der Waals surface area contributed by atoms with E-state index in [0.29, 0.717) is 30.0 Å². The second-order valence-corrected chi connectivity index (χ2v) is 5.74. The topological polar surface area (TPSA) is 29.5 Å². The Kier molecular flexibility index (Phi) is 3.79. The third-order valence-corrected chi connectivity index (χ3v) is 4.25. The monoisotopic (exact) mass is 319 g/mol. The molecule has 1 amide bonds. The second kappa shape index (κ2) is 5.61. The Balaban J connectivity index is 1.88. The molecule has 1 aliphatic heterocycles. The van der Waals surface area contributed by atoms with Crippen molar-refractivity contribution in [2.24, 2.45) is 0 Å². The number of amides is 1. The molecule has 1 aliphatic rings. The number of hydrogen-bond acceptors (Lipinski definition) is 2. The van der Waals surface area contributed by atoms with E-state index in [1.165, 1.54) is 12.1 Å².